The molecule has 4 heteroatoms. The average molecular weight is 432 g/mol. The van der Waals surface area contributed by atoms with E-state index < -0.39 is 5.60 Å². The predicted octanol–water partition coefficient (Wildman–Crippen LogP) is 4.80. The van der Waals surface area contributed by atoms with Gasteiger partial charge in [-0.2, -0.15) is 0 Å². The minimum Gasteiger partial charge on any atom is -0.442 e. The molecule has 2 atom stereocenters. The van der Waals surface area contributed by atoms with E-state index in [1.807, 2.05) is 54.6 Å². The third kappa shape index (κ3) is 5.93. The molecule has 0 spiro atoms. The van der Waals surface area contributed by atoms with Crippen molar-refractivity contribution < 1.29 is 19.3 Å². The van der Waals surface area contributed by atoms with E-state index >= 15 is 0 Å². The highest BCUT2D eigenvalue weighted by Crippen LogP contribution is 2.37. The number of rotatable bonds is 11. The maximum atomic E-state index is 7.95. The molecule has 4 rings (SSSR count). The first-order valence-electron chi connectivity index (χ1n) is 11.1. The van der Waals surface area contributed by atoms with Gasteiger partial charge in [0, 0.05) is 12.0 Å². The van der Waals surface area contributed by atoms with E-state index in [0.717, 1.165) is 22.3 Å². The number of benzene rings is 3. The first kappa shape index (κ1) is 22.4. The molecular weight excluding hydrogens is 400 g/mol. The fraction of sp³-hybridized carbons (Fsp3) is 0.286. The molecule has 3 aromatic carbocycles. The topological polar surface area (TPSA) is 50.6 Å². The Bertz CT molecular complexity index is 972. The van der Waals surface area contributed by atoms with Crippen molar-refractivity contribution in [2.24, 2.45) is 0 Å². The lowest BCUT2D eigenvalue weighted by molar-refractivity contribution is -0.166. The molecule has 0 radical (unpaired) electrons. The second-order valence-corrected chi connectivity index (χ2v) is 8.21. The van der Waals surface area contributed by atoms with E-state index in [2.05, 4.69) is 42.5 Å². The molecule has 0 amide bonds. The summed E-state index contributed by atoms with van der Waals surface area (Å²) in [6.45, 7) is 2.11. The summed E-state index contributed by atoms with van der Waals surface area (Å²) in [6.07, 6.45) is 2.42. The summed E-state index contributed by atoms with van der Waals surface area (Å²) in [4.78, 5) is 0. The zero-order valence-electron chi connectivity index (χ0n) is 18.3. The second-order valence-electron chi connectivity index (χ2n) is 8.21. The van der Waals surface area contributed by atoms with Crippen LogP contribution in [0, 0.1) is 0 Å². The Morgan fingerprint density at radius 1 is 0.719 bits per heavy atom. The highest BCUT2D eigenvalue weighted by atomic mass is 16.6. The molecule has 166 valence electrons. The lowest BCUT2D eigenvalue weighted by Crippen LogP contribution is -2.46. The second kappa shape index (κ2) is 11.2. The highest BCUT2D eigenvalue weighted by Gasteiger charge is 2.46. The van der Waals surface area contributed by atoms with Crippen LogP contribution in [0.25, 0.3) is 0 Å². The summed E-state index contributed by atoms with van der Waals surface area (Å²) < 4.78 is 19.1. The maximum Gasteiger partial charge on any atom is 0.166 e. The lowest BCUT2D eigenvalue weighted by atomic mass is 9.97. The van der Waals surface area contributed by atoms with E-state index in [9.17, 15) is 0 Å². The van der Waals surface area contributed by atoms with Crippen molar-refractivity contribution in [1.29, 1.82) is 0 Å². The molecule has 4 nitrogen and oxygen atoms in total. The van der Waals surface area contributed by atoms with E-state index in [1.54, 1.807) is 0 Å². The Balaban J connectivity index is 1.50. The minimum atomic E-state index is -0.657. The molecule has 0 heterocycles. The van der Waals surface area contributed by atoms with Gasteiger partial charge >= 0.3 is 0 Å². The maximum absolute atomic E-state index is 7.95. The van der Waals surface area contributed by atoms with Gasteiger partial charge in [0.2, 0.25) is 0 Å². The van der Waals surface area contributed by atoms with Crippen molar-refractivity contribution in [3.05, 3.63) is 119 Å². The quantitative estimate of drug-likeness (QED) is 0.324. The van der Waals surface area contributed by atoms with Crippen molar-refractivity contribution in [2.45, 2.75) is 37.9 Å². The standard InChI is InChI=1S/C28H30O4/c29-18-26-16-27(31-20-24-12-6-2-7-13-24)28(17-26,32-21-25-14-8-3-9-15-25)22-30-19-23-10-4-1-5-11-23/h1-16,27,29H,17-22H2/p+1/t27-,28-/m0/s1. The molecule has 0 aliphatic heterocycles. The third-order valence-electron chi connectivity index (χ3n) is 5.76. The molecular formula is C28H31O4+. The van der Waals surface area contributed by atoms with Crippen LogP contribution in [0.5, 0.6) is 0 Å². The van der Waals surface area contributed by atoms with Gasteiger partial charge < -0.3 is 19.3 Å². The van der Waals surface area contributed by atoms with Crippen LogP contribution < -0.4 is 0 Å². The normalized spacial score (nSPS) is 20.3. The van der Waals surface area contributed by atoms with Crippen LogP contribution in [-0.2, 0) is 34.0 Å². The van der Waals surface area contributed by atoms with Gasteiger partial charge in [0.25, 0.3) is 0 Å². The summed E-state index contributed by atoms with van der Waals surface area (Å²) in [5.74, 6) is 0. The van der Waals surface area contributed by atoms with Crippen molar-refractivity contribution >= 4 is 0 Å². The summed E-state index contributed by atoms with van der Waals surface area (Å²) in [7, 11) is 0. The molecule has 0 unspecified atom stereocenters. The van der Waals surface area contributed by atoms with Crippen molar-refractivity contribution in [1.82, 2.24) is 0 Å². The summed E-state index contributed by atoms with van der Waals surface area (Å²) in [6, 6.07) is 30.5. The van der Waals surface area contributed by atoms with Crippen molar-refractivity contribution in [2.75, 3.05) is 13.2 Å². The number of hydrogen-bond acceptors (Lipinski definition) is 3. The molecule has 2 N–H and O–H groups in total. The van der Waals surface area contributed by atoms with Crippen LogP contribution in [-0.4, -0.2) is 30.0 Å². The first-order chi connectivity index (χ1) is 15.8. The van der Waals surface area contributed by atoms with Gasteiger partial charge in [0.05, 0.1) is 26.4 Å². The van der Waals surface area contributed by atoms with Gasteiger partial charge in [0.15, 0.2) is 6.61 Å². The minimum absolute atomic E-state index is 0.236. The number of ether oxygens (including phenoxy) is 3. The molecule has 1 aliphatic rings. The van der Waals surface area contributed by atoms with Gasteiger partial charge in [-0.25, -0.2) is 0 Å². The third-order valence-corrected chi connectivity index (χ3v) is 5.76. The molecule has 0 aromatic heterocycles. The van der Waals surface area contributed by atoms with E-state index in [0.29, 0.717) is 32.8 Å². The molecule has 0 bridgehead atoms. The Morgan fingerprint density at radius 3 is 1.81 bits per heavy atom. The van der Waals surface area contributed by atoms with Gasteiger partial charge in [-0.15, -0.1) is 0 Å². The number of hydrogen-bond donors (Lipinski definition) is 0. The van der Waals surface area contributed by atoms with E-state index in [4.69, 9.17) is 19.3 Å². The van der Waals surface area contributed by atoms with Crippen molar-refractivity contribution in [3.63, 3.8) is 0 Å². The zero-order chi connectivity index (χ0) is 22.1. The lowest BCUT2D eigenvalue weighted by Gasteiger charge is -2.35. The smallest absolute Gasteiger partial charge is 0.166 e. The SMILES string of the molecule is [OH2+]CC1=C[C@H](OCc2ccccc2)[C@](COCc2ccccc2)(OCc2ccccc2)C1. The molecule has 32 heavy (non-hydrogen) atoms. The van der Waals surface area contributed by atoms with Crippen LogP contribution in [0.15, 0.2) is 103 Å². The Labute approximate surface area is 190 Å². The monoisotopic (exact) mass is 431 g/mol. The molecule has 1 aliphatic carbocycles. The Kier molecular flexibility index (Phi) is 7.86. The first-order valence-corrected chi connectivity index (χ1v) is 11.1. The fourth-order valence-corrected chi connectivity index (χ4v) is 4.02. The Morgan fingerprint density at radius 2 is 1.25 bits per heavy atom. The van der Waals surface area contributed by atoms with Gasteiger partial charge in [-0.1, -0.05) is 91.0 Å². The van der Waals surface area contributed by atoms with E-state index in [1.165, 1.54) is 0 Å². The van der Waals surface area contributed by atoms with Gasteiger partial charge in [0.1, 0.15) is 11.7 Å². The molecule has 3 aromatic rings. The summed E-state index contributed by atoms with van der Waals surface area (Å²) in [5.41, 5.74) is 3.72. The fourth-order valence-electron chi connectivity index (χ4n) is 4.02. The predicted molar refractivity (Wildman–Crippen MR) is 126 cm³/mol. The molecule has 0 saturated heterocycles. The van der Waals surface area contributed by atoms with E-state index in [-0.39, 0.29) is 12.7 Å². The van der Waals surface area contributed by atoms with Crippen LogP contribution in [0.2, 0.25) is 0 Å². The zero-order valence-corrected chi connectivity index (χ0v) is 18.3. The Hall–Kier alpha value is -2.76. The summed E-state index contributed by atoms with van der Waals surface area (Å²) in [5, 5.41) is 7.95. The van der Waals surface area contributed by atoms with Crippen LogP contribution in [0.1, 0.15) is 23.1 Å². The van der Waals surface area contributed by atoms with Gasteiger partial charge in [-0.05, 0) is 22.8 Å². The van der Waals surface area contributed by atoms with Gasteiger partial charge in [-0.3, -0.25) is 0 Å². The van der Waals surface area contributed by atoms with Crippen LogP contribution in [0.3, 0.4) is 0 Å². The van der Waals surface area contributed by atoms with Crippen LogP contribution in [0.4, 0.5) is 0 Å². The van der Waals surface area contributed by atoms with Crippen molar-refractivity contribution in [3.8, 4) is 0 Å². The molecule has 0 saturated carbocycles. The largest absolute Gasteiger partial charge is 0.442 e. The van der Waals surface area contributed by atoms with Crippen LogP contribution >= 0.6 is 0 Å². The summed E-state index contributed by atoms with van der Waals surface area (Å²) >= 11 is 0. The molecule has 0 fully saturated rings. The highest BCUT2D eigenvalue weighted by molar-refractivity contribution is 5.24. The average Bonchev–Trinajstić information content (AvgIpc) is 3.21.